The van der Waals surface area contributed by atoms with Gasteiger partial charge in [-0.1, -0.05) is 19.3 Å². The Hall–Kier alpha value is -0.610. The number of hydrogen-bond acceptors (Lipinski definition) is 3. The molecule has 2 fully saturated rings. The average Bonchev–Trinajstić information content (AvgIpc) is 2.86. The van der Waals surface area contributed by atoms with E-state index in [1.54, 1.807) is 0 Å². The van der Waals surface area contributed by atoms with Gasteiger partial charge in [0.15, 0.2) is 0 Å². The first-order chi connectivity index (χ1) is 9.05. The first-order valence-electron chi connectivity index (χ1n) is 7.63. The number of nitrogens with one attached hydrogen (secondary N) is 1. The van der Waals surface area contributed by atoms with E-state index >= 15 is 0 Å². The van der Waals surface area contributed by atoms with Crippen LogP contribution in [-0.2, 0) is 9.53 Å². The minimum atomic E-state index is -0.493. The van der Waals surface area contributed by atoms with Gasteiger partial charge in [0.05, 0.1) is 18.2 Å². The van der Waals surface area contributed by atoms with E-state index in [0.717, 1.165) is 25.7 Å². The van der Waals surface area contributed by atoms with Crippen molar-refractivity contribution in [1.82, 2.24) is 5.32 Å². The van der Waals surface area contributed by atoms with Gasteiger partial charge in [0.25, 0.3) is 0 Å². The third-order valence-electron chi connectivity index (χ3n) is 4.77. The fourth-order valence-corrected chi connectivity index (χ4v) is 3.37. The van der Waals surface area contributed by atoms with Crippen molar-refractivity contribution in [2.24, 2.45) is 5.92 Å². The van der Waals surface area contributed by atoms with Crippen LogP contribution in [-0.4, -0.2) is 35.4 Å². The lowest BCUT2D eigenvalue weighted by molar-refractivity contribution is -0.135. The lowest BCUT2D eigenvalue weighted by Gasteiger charge is -2.39. The van der Waals surface area contributed by atoms with Crippen molar-refractivity contribution in [3.63, 3.8) is 0 Å². The molecule has 1 aliphatic carbocycles. The van der Waals surface area contributed by atoms with E-state index in [9.17, 15) is 9.90 Å². The lowest BCUT2D eigenvalue weighted by Crippen LogP contribution is -2.57. The Balaban J connectivity index is 1.95. The van der Waals surface area contributed by atoms with Crippen LogP contribution in [0.2, 0.25) is 0 Å². The van der Waals surface area contributed by atoms with Crippen LogP contribution >= 0.6 is 0 Å². The van der Waals surface area contributed by atoms with Crippen molar-refractivity contribution in [2.75, 3.05) is 6.61 Å². The molecule has 0 bridgehead atoms. The van der Waals surface area contributed by atoms with E-state index in [1.165, 1.54) is 19.3 Å². The minimum Gasteiger partial charge on any atom is -0.394 e. The normalized spacial score (nSPS) is 31.9. The van der Waals surface area contributed by atoms with Crippen molar-refractivity contribution in [1.29, 1.82) is 0 Å². The molecule has 19 heavy (non-hydrogen) atoms. The summed E-state index contributed by atoms with van der Waals surface area (Å²) in [7, 11) is 0. The zero-order valence-corrected chi connectivity index (χ0v) is 12.2. The molecule has 4 nitrogen and oxygen atoms in total. The second kappa shape index (κ2) is 6.23. The third kappa shape index (κ3) is 3.48. The topological polar surface area (TPSA) is 58.6 Å². The first kappa shape index (κ1) is 14.8. The lowest BCUT2D eigenvalue weighted by atomic mass is 9.76. The molecule has 1 saturated carbocycles. The minimum absolute atomic E-state index is 0.00564. The molecule has 0 unspecified atom stereocenters. The maximum absolute atomic E-state index is 12.3. The molecule has 4 heteroatoms. The highest BCUT2D eigenvalue weighted by atomic mass is 16.5. The Kier molecular flexibility index (Phi) is 4.85. The Morgan fingerprint density at radius 1 is 1.26 bits per heavy atom. The third-order valence-corrected chi connectivity index (χ3v) is 4.77. The Labute approximate surface area is 115 Å². The van der Waals surface area contributed by atoms with Crippen LogP contribution in [0.5, 0.6) is 0 Å². The van der Waals surface area contributed by atoms with Gasteiger partial charge in [-0.25, -0.2) is 0 Å². The Bertz CT molecular complexity index is 315. The maximum atomic E-state index is 12.3. The summed E-state index contributed by atoms with van der Waals surface area (Å²) < 4.78 is 5.61. The van der Waals surface area contributed by atoms with Crippen molar-refractivity contribution in [3.05, 3.63) is 0 Å². The van der Waals surface area contributed by atoms with Gasteiger partial charge in [0.1, 0.15) is 6.10 Å². The summed E-state index contributed by atoms with van der Waals surface area (Å²) in [5, 5.41) is 12.8. The summed E-state index contributed by atoms with van der Waals surface area (Å²) in [6.07, 6.45) is 7.44. The quantitative estimate of drug-likeness (QED) is 0.820. The molecular formula is C15H27NO3. The van der Waals surface area contributed by atoms with Gasteiger partial charge in [0, 0.05) is 0 Å². The molecule has 2 aliphatic rings. The monoisotopic (exact) mass is 269 g/mol. The van der Waals surface area contributed by atoms with Crippen LogP contribution < -0.4 is 5.32 Å². The molecule has 1 heterocycles. The van der Waals surface area contributed by atoms with E-state index in [2.05, 4.69) is 5.32 Å². The summed E-state index contributed by atoms with van der Waals surface area (Å²) in [6.45, 7) is 3.98. The van der Waals surface area contributed by atoms with E-state index in [1.807, 2.05) is 13.8 Å². The van der Waals surface area contributed by atoms with Gasteiger partial charge >= 0.3 is 0 Å². The van der Waals surface area contributed by atoms with Crippen LogP contribution in [0.3, 0.4) is 0 Å². The van der Waals surface area contributed by atoms with Gasteiger partial charge in [-0.15, -0.1) is 0 Å². The number of ether oxygens (including phenoxy) is 1. The molecular weight excluding hydrogens is 242 g/mol. The Morgan fingerprint density at radius 2 is 1.95 bits per heavy atom. The number of amides is 1. The second-order valence-electron chi connectivity index (χ2n) is 6.41. The zero-order valence-electron chi connectivity index (χ0n) is 12.2. The van der Waals surface area contributed by atoms with Crippen LogP contribution in [0.1, 0.15) is 58.8 Å². The standard InChI is InChI=1S/C15H27NO3/c1-11-8-9-13(19-11)14(18)16-15(2,10-17)12-6-4-3-5-7-12/h11-13,17H,3-10H2,1-2H3,(H,16,18)/t11-,13+,15+/m1/s1. The predicted molar refractivity (Wildman–Crippen MR) is 73.8 cm³/mol. The number of carbonyl (C=O) groups is 1. The molecule has 1 saturated heterocycles. The highest BCUT2D eigenvalue weighted by molar-refractivity contribution is 5.81. The fraction of sp³-hybridized carbons (Fsp3) is 0.933. The van der Waals surface area contributed by atoms with Gasteiger partial charge < -0.3 is 15.2 Å². The number of aliphatic hydroxyl groups excluding tert-OH is 1. The van der Waals surface area contributed by atoms with Crippen LogP contribution in [0, 0.1) is 5.92 Å². The van der Waals surface area contributed by atoms with E-state index in [0.29, 0.717) is 5.92 Å². The first-order valence-corrected chi connectivity index (χ1v) is 7.63. The molecule has 0 aromatic carbocycles. The van der Waals surface area contributed by atoms with Crippen molar-refractivity contribution in [3.8, 4) is 0 Å². The van der Waals surface area contributed by atoms with Crippen LogP contribution in [0.25, 0.3) is 0 Å². The number of aliphatic hydroxyl groups is 1. The van der Waals surface area contributed by atoms with Crippen molar-refractivity contribution >= 4 is 5.91 Å². The highest BCUT2D eigenvalue weighted by Gasteiger charge is 2.38. The molecule has 0 radical (unpaired) electrons. The molecule has 1 amide bonds. The maximum Gasteiger partial charge on any atom is 0.249 e. The van der Waals surface area contributed by atoms with Gasteiger partial charge in [-0.05, 0) is 45.4 Å². The summed E-state index contributed by atoms with van der Waals surface area (Å²) in [5.41, 5.74) is -0.493. The molecule has 0 aromatic heterocycles. The molecule has 110 valence electrons. The molecule has 0 spiro atoms. The fourth-order valence-electron chi connectivity index (χ4n) is 3.37. The van der Waals surface area contributed by atoms with E-state index < -0.39 is 5.54 Å². The SMILES string of the molecule is C[C@@H]1CC[C@@H](C(=O)N[C@@](C)(CO)C2CCCCC2)O1. The van der Waals surface area contributed by atoms with Crippen LogP contribution in [0.4, 0.5) is 0 Å². The average molecular weight is 269 g/mol. The largest absolute Gasteiger partial charge is 0.394 e. The predicted octanol–water partition coefficient (Wildman–Crippen LogP) is 2.00. The zero-order chi connectivity index (χ0) is 13.9. The number of carbonyl (C=O) groups excluding carboxylic acids is 1. The van der Waals surface area contributed by atoms with Crippen molar-refractivity contribution < 1.29 is 14.6 Å². The summed E-state index contributed by atoms with van der Waals surface area (Å²) >= 11 is 0. The summed E-state index contributed by atoms with van der Waals surface area (Å²) in [4.78, 5) is 12.3. The number of rotatable bonds is 4. The van der Waals surface area contributed by atoms with Crippen LogP contribution in [0.15, 0.2) is 0 Å². The smallest absolute Gasteiger partial charge is 0.249 e. The van der Waals surface area contributed by atoms with Gasteiger partial charge in [-0.3, -0.25) is 4.79 Å². The number of hydrogen-bond donors (Lipinski definition) is 2. The Morgan fingerprint density at radius 3 is 2.47 bits per heavy atom. The van der Waals surface area contributed by atoms with E-state index in [-0.39, 0.29) is 24.7 Å². The van der Waals surface area contributed by atoms with Gasteiger partial charge in [0.2, 0.25) is 5.91 Å². The second-order valence-corrected chi connectivity index (χ2v) is 6.41. The summed E-state index contributed by atoms with van der Waals surface area (Å²) in [6, 6.07) is 0. The summed E-state index contributed by atoms with van der Waals surface area (Å²) in [5.74, 6) is 0.334. The van der Waals surface area contributed by atoms with Crippen molar-refractivity contribution in [2.45, 2.75) is 76.5 Å². The molecule has 3 atom stereocenters. The molecule has 2 rings (SSSR count). The van der Waals surface area contributed by atoms with Gasteiger partial charge in [-0.2, -0.15) is 0 Å². The molecule has 1 aliphatic heterocycles. The molecule has 0 aromatic rings. The molecule has 2 N–H and O–H groups in total. The highest BCUT2D eigenvalue weighted by Crippen LogP contribution is 2.33. The van der Waals surface area contributed by atoms with E-state index in [4.69, 9.17) is 4.74 Å².